The summed E-state index contributed by atoms with van der Waals surface area (Å²) < 4.78 is 0. The van der Waals surface area contributed by atoms with Crippen molar-refractivity contribution in [3.63, 3.8) is 0 Å². The number of benzene rings is 18. The van der Waals surface area contributed by atoms with Crippen LogP contribution in [0.15, 0.2) is 461 Å². The van der Waals surface area contributed by atoms with Gasteiger partial charge in [0.2, 0.25) is 0 Å². The lowest BCUT2D eigenvalue weighted by atomic mass is 9.70. The van der Waals surface area contributed by atoms with Crippen molar-refractivity contribution in [1.82, 2.24) is 0 Å². The van der Waals surface area contributed by atoms with Crippen LogP contribution in [0.4, 0.5) is 0 Å². The van der Waals surface area contributed by atoms with E-state index in [9.17, 15) is 4.79 Å². The smallest absolute Gasteiger partial charge is 0.195 e. The van der Waals surface area contributed by atoms with Gasteiger partial charge in [-0.1, -0.05) is 593 Å². The lowest BCUT2D eigenvalue weighted by molar-refractivity contribution is -0.108. The Morgan fingerprint density at radius 1 is 0.189 bits per heavy atom. The minimum Gasteiger partial charge on any atom is -0.289 e. The zero-order valence-electron chi connectivity index (χ0n) is 87.5. The quantitative estimate of drug-likeness (QED) is 0.0290. The van der Waals surface area contributed by atoms with Gasteiger partial charge in [0, 0.05) is 44.2 Å². The second kappa shape index (κ2) is 51.8. The van der Waals surface area contributed by atoms with Crippen molar-refractivity contribution in [1.29, 1.82) is 0 Å². The van der Waals surface area contributed by atoms with Gasteiger partial charge in [-0.15, -0.1) is 12.8 Å². The Labute approximate surface area is 883 Å². The molecule has 3 aliphatic rings. The van der Waals surface area contributed by atoms with Gasteiger partial charge in [0.25, 0.3) is 0 Å². The summed E-state index contributed by atoms with van der Waals surface area (Å²) >= 11 is 0. The zero-order valence-corrected chi connectivity index (χ0v) is 87.5. The molecule has 0 aromatic heterocycles. The molecule has 0 N–H and O–H groups in total. The highest BCUT2D eigenvalue weighted by Crippen LogP contribution is 2.58. The van der Waals surface area contributed by atoms with Crippen LogP contribution in [-0.4, -0.2) is 5.78 Å². The first-order chi connectivity index (χ1) is 73.1. The summed E-state index contributed by atoms with van der Waals surface area (Å²) in [5, 5.41) is 0. The van der Waals surface area contributed by atoms with Crippen LogP contribution < -0.4 is 0 Å². The van der Waals surface area contributed by atoms with Crippen molar-refractivity contribution in [3.8, 4) is 136 Å². The fraction of sp³-hybridized carbons (Fsp3) is 0.204. The number of carbonyl (C=O) groups excluding carboxylic acids is 1. The van der Waals surface area contributed by atoms with Gasteiger partial charge in [0.05, 0.1) is 0 Å². The number of fused-ring (bicyclic) bond motifs is 6. The van der Waals surface area contributed by atoms with Gasteiger partial charge in [0.1, 0.15) is 0 Å². The first-order valence-corrected chi connectivity index (χ1v) is 54.6. The van der Waals surface area contributed by atoms with Crippen molar-refractivity contribution in [2.24, 2.45) is 0 Å². The molecule has 0 radical (unpaired) electrons. The third kappa shape index (κ3) is 23.8. The van der Waals surface area contributed by atoms with E-state index in [1.807, 2.05) is 97.1 Å². The predicted octanol–water partition coefficient (Wildman–Crippen LogP) is 40.4. The van der Waals surface area contributed by atoms with E-state index in [1.165, 1.54) is 262 Å². The van der Waals surface area contributed by atoms with Crippen molar-refractivity contribution < 1.29 is 4.79 Å². The highest BCUT2D eigenvalue weighted by Gasteiger charge is 2.45. The van der Waals surface area contributed by atoms with E-state index >= 15 is 0 Å². The maximum Gasteiger partial charge on any atom is 0.195 e. The van der Waals surface area contributed by atoms with Gasteiger partial charge in [-0.05, 0) is 230 Å². The third-order valence-corrected chi connectivity index (χ3v) is 30.3. The van der Waals surface area contributed by atoms with Crippen LogP contribution in [-0.2, 0) is 28.5 Å². The van der Waals surface area contributed by atoms with Crippen LogP contribution in [0, 0.1) is 24.7 Å². The molecule has 148 heavy (non-hydrogen) atoms. The van der Waals surface area contributed by atoms with E-state index in [4.69, 9.17) is 12.8 Å². The van der Waals surface area contributed by atoms with E-state index in [-0.39, 0.29) is 16.6 Å². The highest BCUT2D eigenvalue weighted by atomic mass is 16.1. The molecule has 0 bridgehead atoms. The SMILES string of the molecule is C#Cc1ccc2c(c1)C(CCCCCC)(CCCCCC)c1cc(C#C)ccc1-2.CCCCCCC1(CCCCCC)c2cc(CC)ccc2-c2ccc(CC)cc21.O=C1C(c2ccccc2)=C(c2ccccc2)C(c2ccccc2)=C1c1ccccc1.c1ccc(-c2ccc(-c3ccccc3)c(-c3ccccc3)c2-c2ccccc2)cc1.c1ccc(-c2ccc(-c3ccccc3)c(-c3ccccc3)c2-c2ccccc2)cc1. The molecule has 0 saturated carbocycles. The first-order valence-electron chi connectivity index (χ1n) is 54.6. The van der Waals surface area contributed by atoms with Crippen LogP contribution in [0.25, 0.3) is 134 Å². The Morgan fingerprint density at radius 3 is 0.588 bits per heavy atom. The topological polar surface area (TPSA) is 17.1 Å². The number of ketones is 1. The van der Waals surface area contributed by atoms with E-state index in [0.29, 0.717) is 0 Å². The summed E-state index contributed by atoms with van der Waals surface area (Å²) in [6, 6.07) is 163. The van der Waals surface area contributed by atoms with Crippen LogP contribution >= 0.6 is 0 Å². The van der Waals surface area contributed by atoms with E-state index in [2.05, 4.69) is 417 Å². The zero-order chi connectivity index (χ0) is 102. The van der Waals surface area contributed by atoms with Gasteiger partial charge < -0.3 is 0 Å². The van der Waals surface area contributed by atoms with Crippen LogP contribution in [0.5, 0.6) is 0 Å². The molecule has 21 rings (SSSR count). The molecular weight excluding hydrogens is 1780 g/mol. The molecule has 0 fully saturated rings. The van der Waals surface area contributed by atoms with E-state index < -0.39 is 0 Å². The van der Waals surface area contributed by atoms with Crippen LogP contribution in [0.2, 0.25) is 0 Å². The number of terminal acetylenes is 2. The molecule has 18 aromatic rings. The van der Waals surface area contributed by atoms with Crippen LogP contribution in [0.1, 0.15) is 237 Å². The van der Waals surface area contributed by atoms with E-state index in [0.717, 1.165) is 68.5 Å². The Bertz CT molecular complexity index is 6860. The molecule has 0 unspecified atom stereocenters. The molecule has 0 amide bonds. The number of hydrogen-bond donors (Lipinski definition) is 0. The maximum atomic E-state index is 14.0. The summed E-state index contributed by atoms with van der Waals surface area (Å²) in [5.41, 5.74) is 44.6. The number of Topliss-reactive ketones (excluding diaryl/α,β-unsaturated/α-hetero) is 1. The number of aryl methyl sites for hydroxylation is 2. The third-order valence-electron chi connectivity index (χ3n) is 30.3. The summed E-state index contributed by atoms with van der Waals surface area (Å²) in [6.07, 6.45) is 39.9. The molecule has 734 valence electrons. The number of hydrogen-bond acceptors (Lipinski definition) is 1. The molecule has 1 nitrogen and oxygen atoms in total. The normalized spacial score (nSPS) is 12.5. The Hall–Kier alpha value is -15.8. The Morgan fingerprint density at radius 2 is 0.378 bits per heavy atom. The largest absolute Gasteiger partial charge is 0.289 e. The maximum absolute atomic E-state index is 14.0. The number of rotatable bonds is 34. The van der Waals surface area contributed by atoms with Crippen LogP contribution in [0.3, 0.4) is 0 Å². The minimum absolute atomic E-state index is 0.0475. The van der Waals surface area contributed by atoms with Crippen molar-refractivity contribution in [3.05, 3.63) is 528 Å². The fourth-order valence-electron chi connectivity index (χ4n) is 22.9. The molecule has 0 saturated heterocycles. The molecule has 0 atom stereocenters. The van der Waals surface area contributed by atoms with E-state index in [1.54, 1.807) is 11.1 Å². The summed E-state index contributed by atoms with van der Waals surface area (Å²) in [7, 11) is 0. The Kier molecular flexibility index (Phi) is 36.3. The van der Waals surface area contributed by atoms with Gasteiger partial charge in [-0.25, -0.2) is 0 Å². The molecule has 3 aliphatic carbocycles. The number of allylic oxidation sites excluding steroid dienone is 4. The standard InChI is InChI=1S/2C30H22.C29H20O.C29H42.C29H34/c2*1-5-13-23(14-6-1)27-21-22-28(24-15-7-2-8-16-24)30(26-19-11-4-12-20-26)29(27)25-17-9-3-10-18-25;30-29-27(23-17-9-3-10-18-23)25(21-13-5-1-6-14-21)26(22-15-7-2-8-16-22)28(29)24-19-11-4-12-20-24;2*1-5-9-11-13-19-29(20-14-12-10-6-2)27-21-23(7-3)15-17-25(27)26-18-16-24(8-4)22-28(26)29/h2*1-22H;1-20H;15-18,21-22H,5-14,19-20H2,1-4H3;3-4,15-18,21-22H,5-6,9-14,19-20H2,1-2H3. The lowest BCUT2D eigenvalue weighted by Crippen LogP contribution is -2.26. The summed E-state index contributed by atoms with van der Waals surface area (Å²) in [4.78, 5) is 14.0. The van der Waals surface area contributed by atoms with Gasteiger partial charge in [0.15, 0.2) is 5.78 Å². The summed E-state index contributed by atoms with van der Waals surface area (Å²) in [5.74, 6) is 5.80. The predicted molar refractivity (Wildman–Crippen MR) is 636 cm³/mol. The average molecular weight is 1920 g/mol. The first kappa shape index (κ1) is 104. The Balaban J connectivity index is 0.000000126. The van der Waals surface area contributed by atoms with Gasteiger partial charge in [-0.2, -0.15) is 0 Å². The van der Waals surface area contributed by atoms with Gasteiger partial charge >= 0.3 is 0 Å². The highest BCUT2D eigenvalue weighted by molar-refractivity contribution is 6.59. The monoisotopic (exact) mass is 1920 g/mol. The average Bonchev–Trinajstić information content (AvgIpc) is 1.56. The number of unbranched alkanes of at least 4 members (excludes halogenated alkanes) is 12. The van der Waals surface area contributed by atoms with Gasteiger partial charge in [-0.3, -0.25) is 4.79 Å². The summed E-state index contributed by atoms with van der Waals surface area (Å²) in [6.45, 7) is 13.8. The second-order valence-corrected chi connectivity index (χ2v) is 39.7. The molecule has 0 heterocycles. The van der Waals surface area contributed by atoms with Crippen molar-refractivity contribution >= 4 is 28.1 Å². The minimum atomic E-state index is 0.0475. The molecule has 1 heteroatoms. The molecular formula is C147H140O. The second-order valence-electron chi connectivity index (χ2n) is 39.7. The fourth-order valence-corrected chi connectivity index (χ4v) is 22.9. The molecule has 0 spiro atoms. The van der Waals surface area contributed by atoms with Crippen molar-refractivity contribution in [2.45, 2.75) is 194 Å². The van der Waals surface area contributed by atoms with Crippen molar-refractivity contribution in [2.75, 3.05) is 0 Å². The molecule has 18 aromatic carbocycles. The number of carbonyl (C=O) groups is 1. The lowest BCUT2D eigenvalue weighted by Gasteiger charge is -2.33. The molecule has 0 aliphatic heterocycles.